The van der Waals surface area contributed by atoms with E-state index < -0.39 is 5.97 Å². The molecule has 2 aromatic carbocycles. The number of benzene rings is 2. The third-order valence-corrected chi connectivity index (χ3v) is 4.91. The first-order valence-corrected chi connectivity index (χ1v) is 9.30. The number of nitrogens with two attached hydrogens (primary N) is 1. The molecule has 3 rings (SSSR count). The first-order chi connectivity index (χ1) is 13.4. The van der Waals surface area contributed by atoms with Gasteiger partial charge in [-0.05, 0) is 35.9 Å². The van der Waals surface area contributed by atoms with Crippen molar-refractivity contribution in [2.45, 2.75) is 6.54 Å². The van der Waals surface area contributed by atoms with Crippen molar-refractivity contribution >= 4 is 29.2 Å². The molecule has 0 radical (unpaired) electrons. The molecule has 1 aliphatic rings. The molecule has 0 aromatic heterocycles. The molecule has 1 heterocycles. The van der Waals surface area contributed by atoms with Crippen LogP contribution in [-0.2, 0) is 11.3 Å². The molecule has 0 saturated carbocycles. The van der Waals surface area contributed by atoms with Gasteiger partial charge in [0.05, 0.1) is 11.3 Å². The van der Waals surface area contributed by atoms with Crippen molar-refractivity contribution in [3.05, 3.63) is 58.6 Å². The van der Waals surface area contributed by atoms with E-state index in [9.17, 15) is 9.59 Å². The fraction of sp³-hybridized carbons (Fsp3) is 0.300. The number of carboxylic acids is 1. The number of anilines is 1. The molecule has 2 aromatic rings. The summed E-state index contributed by atoms with van der Waals surface area (Å²) in [6.45, 7) is 3.40. The minimum absolute atomic E-state index is 0.0625. The highest BCUT2D eigenvalue weighted by molar-refractivity contribution is 6.30. The number of hydrogen-bond donors (Lipinski definition) is 2. The van der Waals surface area contributed by atoms with Crippen molar-refractivity contribution in [3.8, 4) is 5.75 Å². The van der Waals surface area contributed by atoms with E-state index in [0.29, 0.717) is 23.8 Å². The highest BCUT2D eigenvalue weighted by Gasteiger charge is 2.22. The average Bonchev–Trinajstić information content (AvgIpc) is 2.69. The Hall–Kier alpha value is -2.77. The van der Waals surface area contributed by atoms with Crippen molar-refractivity contribution in [2.24, 2.45) is 0 Å². The number of halogens is 1. The Morgan fingerprint density at radius 3 is 2.39 bits per heavy atom. The fourth-order valence-electron chi connectivity index (χ4n) is 3.03. The second-order valence-electron chi connectivity index (χ2n) is 6.63. The Bertz CT molecular complexity index is 849. The number of nitrogen functional groups attached to an aromatic ring is 1. The van der Waals surface area contributed by atoms with Gasteiger partial charge >= 0.3 is 5.97 Å². The molecule has 0 spiro atoms. The van der Waals surface area contributed by atoms with Crippen LogP contribution in [0.1, 0.15) is 15.9 Å². The quantitative estimate of drug-likeness (QED) is 0.719. The first-order valence-electron chi connectivity index (χ1n) is 8.92. The number of nitrogens with zero attached hydrogens (tertiary/aromatic N) is 2. The van der Waals surface area contributed by atoms with Crippen molar-refractivity contribution in [3.63, 3.8) is 0 Å². The van der Waals surface area contributed by atoms with Gasteiger partial charge in [-0.1, -0.05) is 23.7 Å². The molecule has 7 nitrogen and oxygen atoms in total. The lowest BCUT2D eigenvalue weighted by molar-refractivity contribution is -0.135. The minimum Gasteiger partial charge on any atom is -0.482 e. The van der Waals surface area contributed by atoms with Gasteiger partial charge in [0.2, 0.25) is 0 Å². The number of piperazine rings is 1. The maximum Gasteiger partial charge on any atom is 0.335 e. The Kier molecular flexibility index (Phi) is 6.38. The maximum atomic E-state index is 12.4. The minimum atomic E-state index is -1.08. The lowest BCUT2D eigenvalue weighted by Gasteiger charge is -2.34. The van der Waals surface area contributed by atoms with Crippen LogP contribution in [0.3, 0.4) is 0 Å². The van der Waals surface area contributed by atoms with E-state index in [1.807, 2.05) is 24.3 Å². The van der Waals surface area contributed by atoms with Crippen molar-refractivity contribution in [1.82, 2.24) is 9.80 Å². The standard InChI is InChI=1S/C20H22ClN3O4/c21-16-4-1-14(2-5-16)12-23-7-9-24(10-8-23)19(25)13-28-18-11-15(20(26)27)3-6-17(18)22/h1-6,11H,7-10,12-13,22H2,(H,26,27). The van der Waals surface area contributed by atoms with Crippen LogP contribution in [0.25, 0.3) is 0 Å². The predicted octanol–water partition coefficient (Wildman–Crippen LogP) is 2.34. The van der Waals surface area contributed by atoms with Crippen LogP contribution in [0.5, 0.6) is 5.75 Å². The number of aromatic carboxylic acids is 1. The van der Waals surface area contributed by atoms with Crippen LogP contribution in [0.4, 0.5) is 5.69 Å². The van der Waals surface area contributed by atoms with Crippen molar-refractivity contribution in [1.29, 1.82) is 0 Å². The molecular formula is C20H22ClN3O4. The second-order valence-corrected chi connectivity index (χ2v) is 7.07. The lowest BCUT2D eigenvalue weighted by Crippen LogP contribution is -2.49. The summed E-state index contributed by atoms with van der Waals surface area (Å²) in [5.41, 5.74) is 7.34. The summed E-state index contributed by atoms with van der Waals surface area (Å²) in [5, 5.41) is 9.76. The lowest BCUT2D eigenvalue weighted by atomic mass is 10.2. The van der Waals surface area contributed by atoms with Gasteiger partial charge in [-0.25, -0.2) is 4.79 Å². The van der Waals surface area contributed by atoms with Gasteiger partial charge < -0.3 is 20.5 Å². The zero-order valence-corrected chi connectivity index (χ0v) is 16.1. The zero-order chi connectivity index (χ0) is 20.1. The molecule has 28 heavy (non-hydrogen) atoms. The van der Waals surface area contributed by atoms with Crippen molar-refractivity contribution in [2.75, 3.05) is 38.5 Å². The van der Waals surface area contributed by atoms with Gasteiger partial charge in [-0.2, -0.15) is 0 Å². The van der Waals surface area contributed by atoms with Gasteiger partial charge in [-0.15, -0.1) is 0 Å². The number of ether oxygens (including phenoxy) is 1. The van der Waals surface area contributed by atoms with Gasteiger partial charge in [-0.3, -0.25) is 9.69 Å². The van der Waals surface area contributed by atoms with Gasteiger partial charge in [0, 0.05) is 37.7 Å². The number of hydrogen-bond acceptors (Lipinski definition) is 5. The molecule has 1 amide bonds. The van der Waals surface area contributed by atoms with Crippen molar-refractivity contribution < 1.29 is 19.4 Å². The third kappa shape index (κ3) is 5.15. The Balaban J connectivity index is 1.48. The van der Waals surface area contributed by atoms with Crippen LogP contribution < -0.4 is 10.5 Å². The topological polar surface area (TPSA) is 96.1 Å². The summed E-state index contributed by atoms with van der Waals surface area (Å²) >= 11 is 5.91. The molecule has 1 fully saturated rings. The number of carboxylic acid groups (broad SMARTS) is 1. The highest BCUT2D eigenvalue weighted by atomic mass is 35.5. The molecule has 3 N–H and O–H groups in total. The molecule has 148 valence electrons. The molecule has 0 atom stereocenters. The molecule has 0 bridgehead atoms. The number of carbonyl (C=O) groups excluding carboxylic acids is 1. The van der Waals surface area contributed by atoms with Crippen LogP contribution >= 0.6 is 11.6 Å². The maximum absolute atomic E-state index is 12.4. The molecule has 0 unspecified atom stereocenters. The molecule has 1 aliphatic heterocycles. The zero-order valence-electron chi connectivity index (χ0n) is 15.3. The van der Waals surface area contributed by atoms with E-state index in [1.165, 1.54) is 23.8 Å². The Labute approximate surface area is 168 Å². The summed E-state index contributed by atoms with van der Waals surface area (Å²) in [6.07, 6.45) is 0. The summed E-state index contributed by atoms with van der Waals surface area (Å²) in [4.78, 5) is 27.5. The average molecular weight is 404 g/mol. The summed E-state index contributed by atoms with van der Waals surface area (Å²) in [7, 11) is 0. The first kappa shape index (κ1) is 20.0. The molecule has 8 heteroatoms. The summed E-state index contributed by atoms with van der Waals surface area (Å²) in [6, 6.07) is 11.9. The number of amides is 1. The van der Waals surface area contributed by atoms with Crippen LogP contribution in [0, 0.1) is 0 Å². The van der Waals surface area contributed by atoms with E-state index >= 15 is 0 Å². The third-order valence-electron chi connectivity index (χ3n) is 4.66. The molecular weight excluding hydrogens is 382 g/mol. The van der Waals surface area contributed by atoms with Crippen LogP contribution in [0.15, 0.2) is 42.5 Å². The normalized spacial score (nSPS) is 14.7. The highest BCUT2D eigenvalue weighted by Crippen LogP contribution is 2.23. The van der Waals surface area contributed by atoms with Crippen LogP contribution in [0.2, 0.25) is 5.02 Å². The molecule has 0 aliphatic carbocycles. The monoisotopic (exact) mass is 403 g/mol. The predicted molar refractivity (Wildman–Crippen MR) is 107 cm³/mol. The van der Waals surface area contributed by atoms with Gasteiger partial charge in [0.1, 0.15) is 5.75 Å². The van der Waals surface area contributed by atoms with E-state index in [4.69, 9.17) is 27.2 Å². The van der Waals surface area contributed by atoms with E-state index in [2.05, 4.69) is 4.90 Å². The van der Waals surface area contributed by atoms with Gasteiger partial charge in [0.25, 0.3) is 5.91 Å². The Morgan fingerprint density at radius 2 is 1.75 bits per heavy atom. The largest absolute Gasteiger partial charge is 0.482 e. The smallest absolute Gasteiger partial charge is 0.335 e. The summed E-state index contributed by atoms with van der Waals surface area (Å²) < 4.78 is 5.47. The van der Waals surface area contributed by atoms with E-state index in [1.54, 1.807) is 4.90 Å². The second kappa shape index (κ2) is 8.95. The van der Waals surface area contributed by atoms with E-state index in [0.717, 1.165) is 19.6 Å². The number of carbonyl (C=O) groups is 2. The van der Waals surface area contributed by atoms with E-state index in [-0.39, 0.29) is 23.8 Å². The van der Waals surface area contributed by atoms with Gasteiger partial charge in [0.15, 0.2) is 6.61 Å². The fourth-order valence-corrected chi connectivity index (χ4v) is 3.15. The molecule has 1 saturated heterocycles. The summed E-state index contributed by atoms with van der Waals surface area (Å²) in [5.74, 6) is -1.02. The SMILES string of the molecule is Nc1ccc(C(=O)O)cc1OCC(=O)N1CCN(Cc2ccc(Cl)cc2)CC1. The van der Waals surface area contributed by atoms with Crippen LogP contribution in [-0.4, -0.2) is 59.6 Å². The Morgan fingerprint density at radius 1 is 1.07 bits per heavy atom. The number of rotatable bonds is 6.